The van der Waals surface area contributed by atoms with Gasteiger partial charge in [-0.25, -0.2) is 4.79 Å². The Hall–Kier alpha value is -1.87. The molecule has 1 rings (SSSR count). The SMILES string of the molecule is C=C(C(=O)OCC)[C@H](O)/C=C/c1ccccc1. The molecule has 1 aromatic carbocycles. The second-order valence-corrected chi connectivity index (χ2v) is 3.46. The van der Waals surface area contributed by atoms with Crippen LogP contribution in [0.4, 0.5) is 0 Å². The maximum atomic E-state index is 11.3. The van der Waals surface area contributed by atoms with Crippen molar-refractivity contribution < 1.29 is 14.6 Å². The van der Waals surface area contributed by atoms with Crippen molar-refractivity contribution in [2.45, 2.75) is 13.0 Å². The highest BCUT2D eigenvalue weighted by Crippen LogP contribution is 2.07. The highest BCUT2D eigenvalue weighted by molar-refractivity contribution is 5.89. The molecule has 0 radical (unpaired) electrons. The number of aliphatic hydroxyl groups excluding tert-OH is 1. The van der Waals surface area contributed by atoms with Gasteiger partial charge in [0.15, 0.2) is 0 Å². The largest absolute Gasteiger partial charge is 0.463 e. The molecule has 1 atom stereocenters. The van der Waals surface area contributed by atoms with Crippen LogP contribution in [-0.2, 0) is 9.53 Å². The van der Waals surface area contributed by atoms with Gasteiger partial charge >= 0.3 is 5.97 Å². The normalized spacial score (nSPS) is 12.4. The van der Waals surface area contributed by atoms with Crippen molar-refractivity contribution in [2.75, 3.05) is 6.61 Å². The van der Waals surface area contributed by atoms with Gasteiger partial charge in [0.05, 0.1) is 12.2 Å². The van der Waals surface area contributed by atoms with Crippen LogP contribution in [0.3, 0.4) is 0 Å². The van der Waals surface area contributed by atoms with E-state index >= 15 is 0 Å². The van der Waals surface area contributed by atoms with Crippen molar-refractivity contribution in [3.8, 4) is 0 Å². The highest BCUT2D eigenvalue weighted by atomic mass is 16.5. The summed E-state index contributed by atoms with van der Waals surface area (Å²) >= 11 is 0. The zero-order valence-corrected chi connectivity index (χ0v) is 9.80. The summed E-state index contributed by atoms with van der Waals surface area (Å²) in [4.78, 5) is 11.3. The maximum absolute atomic E-state index is 11.3. The van der Waals surface area contributed by atoms with Gasteiger partial charge in [-0.05, 0) is 12.5 Å². The predicted molar refractivity (Wildman–Crippen MR) is 67.3 cm³/mol. The lowest BCUT2D eigenvalue weighted by Crippen LogP contribution is -2.17. The first-order valence-electron chi connectivity index (χ1n) is 5.42. The van der Waals surface area contributed by atoms with E-state index in [2.05, 4.69) is 6.58 Å². The summed E-state index contributed by atoms with van der Waals surface area (Å²) in [6.07, 6.45) is 2.22. The lowest BCUT2D eigenvalue weighted by molar-refractivity contribution is -0.139. The fourth-order valence-corrected chi connectivity index (χ4v) is 1.23. The topological polar surface area (TPSA) is 46.5 Å². The van der Waals surface area contributed by atoms with Crippen molar-refractivity contribution in [2.24, 2.45) is 0 Å². The summed E-state index contributed by atoms with van der Waals surface area (Å²) in [5.74, 6) is -0.572. The van der Waals surface area contributed by atoms with E-state index < -0.39 is 12.1 Å². The Bertz CT molecular complexity index is 407. The third-order valence-electron chi connectivity index (χ3n) is 2.17. The summed E-state index contributed by atoms with van der Waals surface area (Å²) in [5, 5.41) is 9.69. The lowest BCUT2D eigenvalue weighted by atomic mass is 10.1. The third kappa shape index (κ3) is 4.25. The van der Waals surface area contributed by atoms with E-state index in [9.17, 15) is 9.90 Å². The predicted octanol–water partition coefficient (Wildman–Crippen LogP) is 2.18. The molecule has 1 aromatic rings. The molecule has 0 aliphatic heterocycles. The van der Waals surface area contributed by atoms with Crippen LogP contribution >= 0.6 is 0 Å². The van der Waals surface area contributed by atoms with Crippen LogP contribution in [0.15, 0.2) is 48.6 Å². The number of hydrogen-bond acceptors (Lipinski definition) is 3. The fourth-order valence-electron chi connectivity index (χ4n) is 1.23. The van der Waals surface area contributed by atoms with E-state index in [1.807, 2.05) is 30.3 Å². The molecule has 0 bridgehead atoms. The third-order valence-corrected chi connectivity index (χ3v) is 2.17. The van der Waals surface area contributed by atoms with Gasteiger partial charge in [-0.2, -0.15) is 0 Å². The Balaban J connectivity index is 2.60. The minimum atomic E-state index is -1.02. The number of hydrogen-bond donors (Lipinski definition) is 1. The molecular weight excluding hydrogens is 216 g/mol. The summed E-state index contributed by atoms with van der Waals surface area (Å²) in [5.41, 5.74) is 0.988. The van der Waals surface area contributed by atoms with Crippen LogP contribution in [0.5, 0.6) is 0 Å². The minimum absolute atomic E-state index is 0.0408. The number of ether oxygens (including phenoxy) is 1. The van der Waals surface area contributed by atoms with E-state index in [-0.39, 0.29) is 12.2 Å². The Morgan fingerprint density at radius 3 is 2.71 bits per heavy atom. The number of carbonyl (C=O) groups excluding carboxylic acids is 1. The second-order valence-electron chi connectivity index (χ2n) is 3.46. The first kappa shape index (κ1) is 13.2. The van der Waals surface area contributed by atoms with Crippen LogP contribution in [0.1, 0.15) is 12.5 Å². The Morgan fingerprint density at radius 2 is 2.12 bits per heavy atom. The van der Waals surface area contributed by atoms with Crippen LogP contribution in [0.25, 0.3) is 6.08 Å². The van der Waals surface area contributed by atoms with Crippen LogP contribution < -0.4 is 0 Å². The molecule has 0 heterocycles. The summed E-state index contributed by atoms with van der Waals surface area (Å²) < 4.78 is 4.74. The number of aliphatic hydroxyl groups is 1. The summed E-state index contributed by atoms with van der Waals surface area (Å²) in [6.45, 7) is 5.49. The molecule has 0 unspecified atom stereocenters. The summed E-state index contributed by atoms with van der Waals surface area (Å²) in [7, 11) is 0. The van der Waals surface area contributed by atoms with Gasteiger partial charge in [0.2, 0.25) is 0 Å². The van der Waals surface area contributed by atoms with Gasteiger partial charge in [0.1, 0.15) is 6.10 Å². The zero-order chi connectivity index (χ0) is 12.7. The van der Waals surface area contributed by atoms with Gasteiger partial charge in [-0.15, -0.1) is 0 Å². The average Bonchev–Trinajstić information content (AvgIpc) is 2.36. The van der Waals surface area contributed by atoms with E-state index in [0.29, 0.717) is 0 Å². The van der Waals surface area contributed by atoms with Crippen molar-refractivity contribution in [1.82, 2.24) is 0 Å². The zero-order valence-electron chi connectivity index (χ0n) is 9.80. The quantitative estimate of drug-likeness (QED) is 0.625. The molecule has 0 aliphatic rings. The highest BCUT2D eigenvalue weighted by Gasteiger charge is 2.14. The van der Waals surface area contributed by atoms with Gasteiger partial charge in [-0.3, -0.25) is 0 Å². The molecule has 17 heavy (non-hydrogen) atoms. The van der Waals surface area contributed by atoms with Crippen LogP contribution in [-0.4, -0.2) is 23.8 Å². The Labute approximate surface area is 101 Å². The Kier molecular flexibility index (Phi) is 5.17. The first-order chi connectivity index (χ1) is 8.15. The van der Waals surface area contributed by atoms with Crippen LogP contribution in [0, 0.1) is 0 Å². The standard InChI is InChI=1S/C14H16O3/c1-3-17-14(16)11(2)13(15)10-9-12-7-5-4-6-8-12/h4-10,13,15H,2-3H2,1H3/b10-9+/t13-/m1/s1. The van der Waals surface area contributed by atoms with E-state index in [0.717, 1.165) is 5.56 Å². The van der Waals surface area contributed by atoms with Gasteiger partial charge in [0, 0.05) is 0 Å². The molecule has 0 aromatic heterocycles. The van der Waals surface area contributed by atoms with E-state index in [1.165, 1.54) is 6.08 Å². The van der Waals surface area contributed by atoms with E-state index in [1.54, 1.807) is 13.0 Å². The lowest BCUT2D eigenvalue weighted by Gasteiger charge is -2.08. The summed E-state index contributed by atoms with van der Waals surface area (Å²) in [6, 6.07) is 9.50. The Morgan fingerprint density at radius 1 is 1.47 bits per heavy atom. The van der Waals surface area contributed by atoms with Crippen molar-refractivity contribution >= 4 is 12.0 Å². The van der Waals surface area contributed by atoms with Crippen molar-refractivity contribution in [3.63, 3.8) is 0 Å². The molecule has 0 fully saturated rings. The first-order valence-corrected chi connectivity index (χ1v) is 5.42. The second kappa shape index (κ2) is 6.66. The van der Waals surface area contributed by atoms with Gasteiger partial charge in [0.25, 0.3) is 0 Å². The average molecular weight is 232 g/mol. The molecule has 0 saturated carbocycles. The van der Waals surface area contributed by atoms with Gasteiger partial charge < -0.3 is 9.84 Å². The number of esters is 1. The number of benzene rings is 1. The monoisotopic (exact) mass is 232 g/mol. The van der Waals surface area contributed by atoms with Gasteiger partial charge in [-0.1, -0.05) is 49.1 Å². The van der Waals surface area contributed by atoms with Crippen molar-refractivity contribution in [3.05, 3.63) is 54.1 Å². The molecule has 0 amide bonds. The number of carbonyl (C=O) groups is 1. The molecule has 3 nitrogen and oxygen atoms in total. The minimum Gasteiger partial charge on any atom is -0.463 e. The number of rotatable bonds is 5. The molecule has 3 heteroatoms. The molecule has 90 valence electrons. The molecule has 1 N–H and O–H groups in total. The molecular formula is C14H16O3. The molecule has 0 aliphatic carbocycles. The smallest absolute Gasteiger partial charge is 0.336 e. The molecule has 0 spiro atoms. The van der Waals surface area contributed by atoms with E-state index in [4.69, 9.17) is 4.74 Å². The fraction of sp³-hybridized carbons (Fsp3) is 0.214. The van der Waals surface area contributed by atoms with Crippen molar-refractivity contribution in [1.29, 1.82) is 0 Å². The van der Waals surface area contributed by atoms with Crippen LogP contribution in [0.2, 0.25) is 0 Å². The maximum Gasteiger partial charge on any atom is 0.336 e. The molecule has 0 saturated heterocycles.